The van der Waals surface area contributed by atoms with E-state index in [4.69, 9.17) is 0 Å². The van der Waals surface area contributed by atoms with Gasteiger partial charge in [-0.15, -0.1) is 11.3 Å². The second-order valence-corrected chi connectivity index (χ2v) is 7.34. The predicted molar refractivity (Wildman–Crippen MR) is 97.6 cm³/mol. The zero-order valence-electron chi connectivity index (χ0n) is 13.9. The van der Waals surface area contributed by atoms with Crippen LogP contribution in [-0.4, -0.2) is 20.6 Å². The Morgan fingerprint density at radius 2 is 1.92 bits per heavy atom. The summed E-state index contributed by atoms with van der Waals surface area (Å²) in [5.41, 5.74) is 0.841. The van der Waals surface area contributed by atoms with Crippen molar-refractivity contribution >= 4 is 27.5 Å². The van der Waals surface area contributed by atoms with Crippen molar-refractivity contribution in [2.24, 2.45) is 0 Å². The first-order valence-electron chi connectivity index (χ1n) is 7.90. The van der Waals surface area contributed by atoms with Crippen LogP contribution < -0.4 is 11.2 Å². The zero-order chi connectivity index (χ0) is 18.1. The molecule has 2 heterocycles. The molecule has 0 aliphatic carbocycles. The van der Waals surface area contributed by atoms with Crippen LogP contribution in [0, 0.1) is 13.8 Å². The van der Waals surface area contributed by atoms with Gasteiger partial charge in [-0.1, -0.05) is 29.8 Å². The van der Waals surface area contributed by atoms with Crippen LogP contribution in [0.15, 0.2) is 39.9 Å². The number of aromatic amines is 1. The summed E-state index contributed by atoms with van der Waals surface area (Å²) in [6.45, 7) is 3.81. The largest absolute Gasteiger partial charge is 0.480 e. The van der Waals surface area contributed by atoms with Crippen LogP contribution in [0.5, 0.6) is 0 Å². The molecule has 6 nitrogen and oxygen atoms in total. The van der Waals surface area contributed by atoms with Gasteiger partial charge in [-0.2, -0.15) is 0 Å². The first kappa shape index (κ1) is 17.2. The molecule has 1 aromatic carbocycles. The molecule has 130 valence electrons. The lowest BCUT2D eigenvalue weighted by atomic mass is 10.0. The number of carboxylic acids is 1. The van der Waals surface area contributed by atoms with E-state index in [9.17, 15) is 19.5 Å². The summed E-state index contributed by atoms with van der Waals surface area (Å²) in [4.78, 5) is 40.7. The summed E-state index contributed by atoms with van der Waals surface area (Å²) < 4.78 is 0.824. The monoisotopic (exact) mass is 358 g/mol. The number of hydrogen-bond acceptors (Lipinski definition) is 4. The number of nitrogens with one attached hydrogen (secondary N) is 1. The molecule has 0 radical (unpaired) electrons. The average Bonchev–Trinajstić information content (AvgIpc) is 2.92. The van der Waals surface area contributed by atoms with Gasteiger partial charge >= 0.3 is 11.7 Å². The molecule has 1 atom stereocenters. The molecule has 0 fully saturated rings. The quantitative estimate of drug-likeness (QED) is 0.733. The highest BCUT2D eigenvalue weighted by Gasteiger charge is 2.24. The van der Waals surface area contributed by atoms with Gasteiger partial charge in [-0.3, -0.25) is 9.78 Å². The highest BCUT2D eigenvalue weighted by atomic mass is 32.1. The Bertz CT molecular complexity index is 1040. The minimum atomic E-state index is -1.21. The highest BCUT2D eigenvalue weighted by Crippen LogP contribution is 2.20. The average molecular weight is 358 g/mol. The normalized spacial score (nSPS) is 12.4. The Kier molecular flexibility index (Phi) is 4.59. The fraction of sp³-hybridized carbons (Fsp3) is 0.278. The first-order chi connectivity index (χ1) is 11.9. The smallest absolute Gasteiger partial charge is 0.330 e. The number of carboxylic acid groups (broad SMARTS) is 1. The van der Waals surface area contributed by atoms with Crippen molar-refractivity contribution in [3.8, 4) is 0 Å². The molecule has 0 bridgehead atoms. The molecule has 2 N–H and O–H groups in total. The third-order valence-corrected chi connectivity index (χ3v) is 5.13. The summed E-state index contributed by atoms with van der Waals surface area (Å²) in [6, 6.07) is 8.21. The molecule has 0 aliphatic rings. The van der Waals surface area contributed by atoms with Crippen molar-refractivity contribution in [2.45, 2.75) is 32.7 Å². The number of benzene rings is 1. The third-order valence-electron chi connectivity index (χ3n) is 4.17. The van der Waals surface area contributed by atoms with E-state index in [2.05, 4.69) is 4.98 Å². The van der Waals surface area contributed by atoms with Crippen molar-refractivity contribution in [2.75, 3.05) is 0 Å². The van der Waals surface area contributed by atoms with Crippen LogP contribution in [0.2, 0.25) is 0 Å². The molecule has 0 saturated carbocycles. The van der Waals surface area contributed by atoms with Gasteiger partial charge in [0.25, 0.3) is 5.56 Å². The van der Waals surface area contributed by atoms with E-state index in [1.165, 1.54) is 11.3 Å². The summed E-state index contributed by atoms with van der Waals surface area (Å²) in [6.07, 6.45) is 0.625. The first-order valence-corrected chi connectivity index (χ1v) is 8.72. The Hall–Kier alpha value is -2.67. The maximum Gasteiger partial charge on any atom is 0.330 e. The van der Waals surface area contributed by atoms with Gasteiger partial charge in [0.1, 0.15) is 10.9 Å². The number of aliphatic carboxylic acids is 1. The molecule has 25 heavy (non-hydrogen) atoms. The second-order valence-electron chi connectivity index (χ2n) is 6.08. The van der Waals surface area contributed by atoms with Gasteiger partial charge in [0.05, 0.1) is 5.39 Å². The number of carbonyl (C=O) groups is 1. The molecular weight excluding hydrogens is 340 g/mol. The lowest BCUT2D eigenvalue weighted by molar-refractivity contribution is -0.141. The Morgan fingerprint density at radius 3 is 2.56 bits per heavy atom. The number of rotatable bonds is 5. The number of thiophene rings is 1. The topological polar surface area (TPSA) is 92.2 Å². The van der Waals surface area contributed by atoms with Gasteiger partial charge in [0.15, 0.2) is 0 Å². The van der Waals surface area contributed by atoms with Crippen molar-refractivity contribution in [1.82, 2.24) is 9.55 Å². The molecule has 2 aromatic heterocycles. The molecule has 3 rings (SSSR count). The molecular formula is C18H18N2O4S. The number of aryl methyl sites for hydroxylation is 3. The van der Waals surface area contributed by atoms with Crippen molar-refractivity contribution in [3.63, 3.8) is 0 Å². The molecule has 3 aromatic rings. The summed E-state index contributed by atoms with van der Waals surface area (Å²) in [5, 5.41) is 9.92. The molecule has 1 unspecified atom stereocenters. The van der Waals surface area contributed by atoms with Gasteiger partial charge in [0, 0.05) is 4.88 Å². The van der Waals surface area contributed by atoms with E-state index in [0.717, 1.165) is 20.6 Å². The maximum atomic E-state index is 12.7. The number of nitrogens with zero attached hydrogens (tertiary/aromatic N) is 1. The van der Waals surface area contributed by atoms with Crippen LogP contribution in [0.4, 0.5) is 0 Å². The van der Waals surface area contributed by atoms with E-state index < -0.39 is 23.3 Å². The standard InChI is InChI=1S/C18H18N2O4S/c1-10-3-5-12(6-4-10)7-8-14(17(22)23)20-16(21)13-9-11(2)25-15(13)19-18(20)24/h3-6,9,14H,7-8H2,1-2H3,(H,19,24)(H,22,23). The van der Waals surface area contributed by atoms with Crippen LogP contribution in [0.25, 0.3) is 10.2 Å². The Morgan fingerprint density at radius 1 is 1.24 bits per heavy atom. The van der Waals surface area contributed by atoms with Gasteiger partial charge in [-0.25, -0.2) is 14.2 Å². The summed E-state index contributed by atoms with van der Waals surface area (Å²) in [5.74, 6) is -1.19. The SMILES string of the molecule is Cc1ccc(CCC(C(=O)O)n2c(=O)[nH]c3sc(C)cc3c2=O)cc1. The minimum absolute atomic E-state index is 0.163. The van der Waals surface area contributed by atoms with E-state index in [0.29, 0.717) is 16.6 Å². The van der Waals surface area contributed by atoms with Crippen LogP contribution in [0.3, 0.4) is 0 Å². The fourth-order valence-electron chi connectivity index (χ4n) is 2.85. The minimum Gasteiger partial charge on any atom is -0.480 e. The Labute approximate surface area is 147 Å². The van der Waals surface area contributed by atoms with Gasteiger partial charge in [0.2, 0.25) is 0 Å². The lowest BCUT2D eigenvalue weighted by Crippen LogP contribution is -2.40. The highest BCUT2D eigenvalue weighted by molar-refractivity contribution is 7.18. The van der Waals surface area contributed by atoms with Crippen molar-refractivity contribution < 1.29 is 9.90 Å². The lowest BCUT2D eigenvalue weighted by Gasteiger charge is -2.14. The molecule has 0 aliphatic heterocycles. The molecule has 0 spiro atoms. The van der Waals surface area contributed by atoms with Crippen molar-refractivity contribution in [1.29, 1.82) is 0 Å². The third kappa shape index (κ3) is 3.41. The van der Waals surface area contributed by atoms with E-state index in [1.54, 1.807) is 6.07 Å². The fourth-order valence-corrected chi connectivity index (χ4v) is 3.74. The van der Waals surface area contributed by atoms with E-state index >= 15 is 0 Å². The van der Waals surface area contributed by atoms with Crippen LogP contribution in [-0.2, 0) is 11.2 Å². The molecule has 7 heteroatoms. The predicted octanol–water partition coefficient (Wildman–Crippen LogP) is 2.63. The van der Waals surface area contributed by atoms with Gasteiger partial charge < -0.3 is 5.11 Å². The molecule has 0 saturated heterocycles. The summed E-state index contributed by atoms with van der Waals surface area (Å²) >= 11 is 1.30. The maximum absolute atomic E-state index is 12.7. The second kappa shape index (κ2) is 6.68. The van der Waals surface area contributed by atoms with Crippen LogP contribution in [0.1, 0.15) is 28.5 Å². The Balaban J connectivity index is 1.99. The number of fused-ring (bicyclic) bond motifs is 1. The van der Waals surface area contributed by atoms with Crippen LogP contribution >= 0.6 is 11.3 Å². The van der Waals surface area contributed by atoms with E-state index in [1.807, 2.05) is 38.1 Å². The number of hydrogen-bond donors (Lipinski definition) is 2. The summed E-state index contributed by atoms with van der Waals surface area (Å²) in [7, 11) is 0. The zero-order valence-corrected chi connectivity index (χ0v) is 14.7. The number of aromatic nitrogens is 2. The molecule has 0 amide bonds. The van der Waals surface area contributed by atoms with Gasteiger partial charge in [-0.05, 0) is 38.3 Å². The van der Waals surface area contributed by atoms with Crippen molar-refractivity contribution in [3.05, 3.63) is 67.2 Å². The van der Waals surface area contributed by atoms with E-state index in [-0.39, 0.29) is 6.42 Å². The number of H-pyrrole nitrogens is 1.